The molecule has 58 valence electrons. The van der Waals surface area contributed by atoms with Gasteiger partial charge in [0.2, 0.25) is 0 Å². The Bertz CT molecular complexity index is 148. The minimum Gasteiger partial charge on any atom is -0.451 e. The summed E-state index contributed by atoms with van der Waals surface area (Å²) in [5.41, 5.74) is 0. The largest absolute Gasteiger partial charge is 0.451 e. The van der Waals surface area contributed by atoms with Crippen LogP contribution in [0.2, 0.25) is 0 Å². The van der Waals surface area contributed by atoms with E-state index in [0.29, 0.717) is 6.42 Å². The first-order chi connectivity index (χ1) is 4.61. The molecule has 0 aromatic carbocycles. The highest BCUT2D eigenvalue weighted by Crippen LogP contribution is 2.23. The van der Waals surface area contributed by atoms with Crippen LogP contribution in [0.15, 0.2) is 0 Å². The molecule has 0 bridgehead atoms. The fourth-order valence-corrected chi connectivity index (χ4v) is 1.60. The molecule has 10 heavy (non-hydrogen) atoms. The number of rotatable bonds is 0. The number of alkyl halides is 1. The zero-order chi connectivity index (χ0) is 7.72. The SMILES string of the molecule is CC1C(=O)O[C@H](I)C[C@@H]1O. The van der Waals surface area contributed by atoms with E-state index in [1.807, 2.05) is 22.6 Å². The molecule has 1 fully saturated rings. The number of cyclic esters (lactones) is 1. The second-order valence-electron chi connectivity index (χ2n) is 2.44. The summed E-state index contributed by atoms with van der Waals surface area (Å²) in [6.45, 7) is 1.68. The van der Waals surface area contributed by atoms with Crippen molar-refractivity contribution >= 4 is 28.6 Å². The maximum absolute atomic E-state index is 10.8. The van der Waals surface area contributed by atoms with Gasteiger partial charge in [-0.1, -0.05) is 0 Å². The van der Waals surface area contributed by atoms with Crippen LogP contribution in [0, 0.1) is 5.92 Å². The van der Waals surface area contributed by atoms with Crippen LogP contribution in [0.1, 0.15) is 13.3 Å². The molecule has 1 N–H and O–H groups in total. The standard InChI is InChI=1S/C6H9IO3/c1-3-4(8)2-5(7)10-6(3)9/h3-5,8H,2H2,1H3/t3?,4-,5-/m0/s1. The fraction of sp³-hybridized carbons (Fsp3) is 0.833. The molecular formula is C6H9IO3. The summed E-state index contributed by atoms with van der Waals surface area (Å²) in [7, 11) is 0. The molecule has 1 unspecified atom stereocenters. The lowest BCUT2D eigenvalue weighted by atomic mass is 10.0. The zero-order valence-corrected chi connectivity index (χ0v) is 7.74. The Balaban J connectivity index is 2.57. The van der Waals surface area contributed by atoms with Gasteiger partial charge in [0.05, 0.1) is 12.0 Å². The maximum atomic E-state index is 10.8. The Hall–Kier alpha value is 0.160. The van der Waals surface area contributed by atoms with Crippen LogP contribution < -0.4 is 0 Å². The molecule has 3 atom stereocenters. The fourth-order valence-electron chi connectivity index (χ4n) is 0.833. The summed E-state index contributed by atoms with van der Waals surface area (Å²) in [5.74, 6) is -0.649. The van der Waals surface area contributed by atoms with Gasteiger partial charge in [0.1, 0.15) is 0 Å². The molecule has 0 aromatic rings. The molecule has 1 heterocycles. The molecule has 0 spiro atoms. The molecule has 0 aliphatic carbocycles. The highest BCUT2D eigenvalue weighted by Gasteiger charge is 2.32. The minimum absolute atomic E-state index is 0.156. The molecule has 0 radical (unpaired) electrons. The molecule has 0 saturated carbocycles. The normalized spacial score (nSPS) is 41.1. The number of halogens is 1. The third kappa shape index (κ3) is 1.60. The van der Waals surface area contributed by atoms with Gasteiger partial charge in [-0.05, 0) is 29.5 Å². The predicted molar refractivity (Wildman–Crippen MR) is 43.7 cm³/mol. The number of carbonyl (C=O) groups excluding carboxylic acids is 1. The third-order valence-corrected chi connectivity index (χ3v) is 2.38. The molecular weight excluding hydrogens is 247 g/mol. The van der Waals surface area contributed by atoms with Crippen molar-refractivity contribution in [1.29, 1.82) is 0 Å². The van der Waals surface area contributed by atoms with Crippen LogP contribution in [0.4, 0.5) is 0 Å². The van der Waals surface area contributed by atoms with E-state index in [2.05, 4.69) is 0 Å². The number of carbonyl (C=O) groups is 1. The monoisotopic (exact) mass is 256 g/mol. The Morgan fingerprint density at radius 3 is 2.90 bits per heavy atom. The zero-order valence-electron chi connectivity index (χ0n) is 5.58. The van der Waals surface area contributed by atoms with Crippen molar-refractivity contribution in [3.8, 4) is 0 Å². The molecule has 1 saturated heterocycles. The summed E-state index contributed by atoms with van der Waals surface area (Å²) in [4.78, 5) is 10.8. The lowest BCUT2D eigenvalue weighted by molar-refractivity contribution is -0.160. The summed E-state index contributed by atoms with van der Waals surface area (Å²) in [6, 6.07) is 0. The van der Waals surface area contributed by atoms with Crippen molar-refractivity contribution < 1.29 is 14.6 Å². The molecule has 3 nitrogen and oxygen atoms in total. The first kappa shape index (κ1) is 8.26. The molecule has 0 amide bonds. The van der Waals surface area contributed by atoms with Gasteiger partial charge in [-0.15, -0.1) is 0 Å². The Morgan fingerprint density at radius 1 is 1.80 bits per heavy atom. The van der Waals surface area contributed by atoms with Gasteiger partial charge in [-0.3, -0.25) is 4.79 Å². The Morgan fingerprint density at radius 2 is 2.40 bits per heavy atom. The first-order valence-corrected chi connectivity index (χ1v) is 4.38. The van der Waals surface area contributed by atoms with Crippen LogP contribution in [-0.4, -0.2) is 21.3 Å². The number of aliphatic hydroxyl groups is 1. The number of esters is 1. The molecule has 1 aliphatic heterocycles. The summed E-state index contributed by atoms with van der Waals surface area (Å²) in [5, 5.41) is 9.21. The molecule has 1 rings (SSSR count). The summed E-state index contributed by atoms with van der Waals surface area (Å²) < 4.78 is 4.70. The number of hydrogen-bond donors (Lipinski definition) is 1. The van der Waals surface area contributed by atoms with E-state index in [4.69, 9.17) is 4.74 Å². The van der Waals surface area contributed by atoms with Crippen LogP contribution in [0.5, 0.6) is 0 Å². The van der Waals surface area contributed by atoms with Crippen molar-refractivity contribution in [2.45, 2.75) is 23.6 Å². The average Bonchev–Trinajstić information content (AvgIpc) is 1.82. The third-order valence-electron chi connectivity index (χ3n) is 1.62. The van der Waals surface area contributed by atoms with E-state index in [1.54, 1.807) is 6.92 Å². The first-order valence-electron chi connectivity index (χ1n) is 3.14. The highest BCUT2D eigenvalue weighted by molar-refractivity contribution is 14.1. The summed E-state index contributed by atoms with van der Waals surface area (Å²) in [6.07, 6.45) is 0.0242. The topological polar surface area (TPSA) is 46.5 Å². The van der Waals surface area contributed by atoms with Gasteiger partial charge in [0.15, 0.2) is 4.11 Å². The minimum atomic E-state index is -0.525. The lowest BCUT2D eigenvalue weighted by Gasteiger charge is -2.26. The lowest BCUT2D eigenvalue weighted by Crippen LogP contribution is -2.37. The van der Waals surface area contributed by atoms with Crippen molar-refractivity contribution in [3.63, 3.8) is 0 Å². The number of aliphatic hydroxyl groups excluding tert-OH is 1. The molecule has 4 heteroatoms. The molecule has 1 aliphatic rings. The van der Waals surface area contributed by atoms with Crippen LogP contribution >= 0.6 is 22.6 Å². The van der Waals surface area contributed by atoms with Gasteiger partial charge in [0.25, 0.3) is 0 Å². The quantitative estimate of drug-likeness (QED) is 0.394. The van der Waals surface area contributed by atoms with E-state index < -0.39 is 6.10 Å². The van der Waals surface area contributed by atoms with Gasteiger partial charge in [-0.25, -0.2) is 0 Å². The highest BCUT2D eigenvalue weighted by atomic mass is 127. The average molecular weight is 256 g/mol. The van der Waals surface area contributed by atoms with Crippen molar-refractivity contribution in [2.75, 3.05) is 0 Å². The van der Waals surface area contributed by atoms with Crippen LogP contribution in [-0.2, 0) is 9.53 Å². The molecule has 0 aromatic heterocycles. The second-order valence-corrected chi connectivity index (χ2v) is 3.83. The number of ether oxygens (including phenoxy) is 1. The van der Waals surface area contributed by atoms with Gasteiger partial charge in [0, 0.05) is 6.42 Å². The van der Waals surface area contributed by atoms with Gasteiger partial charge >= 0.3 is 5.97 Å². The van der Waals surface area contributed by atoms with E-state index >= 15 is 0 Å². The Labute approximate surface area is 72.9 Å². The maximum Gasteiger partial charge on any atom is 0.312 e. The van der Waals surface area contributed by atoms with Crippen molar-refractivity contribution in [2.24, 2.45) is 5.92 Å². The second kappa shape index (κ2) is 3.04. The Kier molecular flexibility index (Phi) is 2.51. The van der Waals surface area contributed by atoms with E-state index in [1.165, 1.54) is 0 Å². The van der Waals surface area contributed by atoms with Crippen molar-refractivity contribution in [1.82, 2.24) is 0 Å². The van der Waals surface area contributed by atoms with Gasteiger partial charge < -0.3 is 9.84 Å². The van der Waals surface area contributed by atoms with E-state index in [9.17, 15) is 9.90 Å². The van der Waals surface area contributed by atoms with Crippen molar-refractivity contribution in [3.05, 3.63) is 0 Å². The van der Waals surface area contributed by atoms with Crippen LogP contribution in [0.25, 0.3) is 0 Å². The van der Waals surface area contributed by atoms with E-state index in [-0.39, 0.29) is 16.0 Å². The van der Waals surface area contributed by atoms with E-state index in [0.717, 1.165) is 0 Å². The summed E-state index contributed by atoms with van der Waals surface area (Å²) >= 11 is 1.99. The predicted octanol–water partition coefficient (Wildman–Crippen LogP) is 0.691. The van der Waals surface area contributed by atoms with Gasteiger partial charge in [-0.2, -0.15) is 0 Å². The van der Waals surface area contributed by atoms with Crippen LogP contribution in [0.3, 0.4) is 0 Å². The smallest absolute Gasteiger partial charge is 0.312 e. The number of hydrogen-bond acceptors (Lipinski definition) is 3.